The van der Waals surface area contributed by atoms with Gasteiger partial charge in [0.2, 0.25) is 21.8 Å². The quantitative estimate of drug-likeness (QED) is 0.330. The largest absolute Gasteiger partial charge is 0.355 e. The molecule has 3 aromatic rings. The Kier molecular flexibility index (Phi) is 10.4. The summed E-state index contributed by atoms with van der Waals surface area (Å²) < 4.78 is 26.5. The summed E-state index contributed by atoms with van der Waals surface area (Å²) in [4.78, 5) is 28.6. The van der Waals surface area contributed by atoms with Crippen LogP contribution in [-0.2, 0) is 32.6 Å². The van der Waals surface area contributed by atoms with E-state index in [9.17, 15) is 18.0 Å². The fraction of sp³-hybridized carbons (Fsp3) is 0.259. The Labute approximate surface area is 238 Å². The van der Waals surface area contributed by atoms with Crippen LogP contribution in [0, 0.1) is 0 Å². The number of likely N-dealkylation sites (N-methyl/N-ethyl adjacent to an activating group) is 1. The van der Waals surface area contributed by atoms with Crippen LogP contribution in [-0.4, -0.2) is 50.5 Å². The summed E-state index contributed by atoms with van der Waals surface area (Å²) in [5.74, 6) is -0.984. The number of halogens is 3. The summed E-state index contributed by atoms with van der Waals surface area (Å²) in [6, 6.07) is 19.8. The van der Waals surface area contributed by atoms with Gasteiger partial charge in [-0.1, -0.05) is 89.4 Å². The fourth-order valence-corrected chi connectivity index (χ4v) is 5.43. The van der Waals surface area contributed by atoms with Crippen LogP contribution >= 0.6 is 34.8 Å². The highest BCUT2D eigenvalue weighted by atomic mass is 35.5. The average Bonchev–Trinajstić information content (AvgIpc) is 2.87. The zero-order chi connectivity index (χ0) is 27.9. The predicted octanol–water partition coefficient (Wildman–Crippen LogP) is 5.19. The number of rotatable bonds is 11. The molecule has 0 aliphatic rings. The highest BCUT2D eigenvalue weighted by Gasteiger charge is 2.33. The summed E-state index contributed by atoms with van der Waals surface area (Å²) >= 11 is 18.9. The molecule has 0 aliphatic carbocycles. The van der Waals surface area contributed by atoms with Crippen LogP contribution in [0.25, 0.3) is 0 Å². The van der Waals surface area contributed by atoms with Crippen molar-refractivity contribution in [1.29, 1.82) is 0 Å². The van der Waals surface area contributed by atoms with Crippen LogP contribution < -0.4 is 9.62 Å². The Morgan fingerprint density at radius 2 is 1.53 bits per heavy atom. The molecule has 11 heteroatoms. The van der Waals surface area contributed by atoms with E-state index in [0.717, 1.165) is 16.1 Å². The van der Waals surface area contributed by atoms with Crippen molar-refractivity contribution < 1.29 is 18.0 Å². The van der Waals surface area contributed by atoms with E-state index >= 15 is 0 Å². The highest BCUT2D eigenvalue weighted by Crippen LogP contribution is 2.34. The Morgan fingerprint density at radius 3 is 2.16 bits per heavy atom. The minimum Gasteiger partial charge on any atom is -0.355 e. The van der Waals surface area contributed by atoms with E-state index in [0.29, 0.717) is 17.1 Å². The molecule has 0 fully saturated rings. The van der Waals surface area contributed by atoms with Crippen molar-refractivity contribution in [1.82, 2.24) is 10.2 Å². The average molecular weight is 597 g/mol. The van der Waals surface area contributed by atoms with Crippen molar-refractivity contribution in [2.24, 2.45) is 0 Å². The second-order valence-electron chi connectivity index (χ2n) is 8.56. The summed E-state index contributed by atoms with van der Waals surface area (Å²) in [5, 5.41) is 3.35. The van der Waals surface area contributed by atoms with Gasteiger partial charge in [-0.15, -0.1) is 0 Å². The Morgan fingerprint density at radius 1 is 0.895 bits per heavy atom. The SMILES string of the molecule is CCNC(=O)[C@@H](Cc1ccccc1)N(Cc1ccccc1Cl)C(=O)CN(c1cccc(Cl)c1Cl)S(C)(=O)=O. The van der Waals surface area contributed by atoms with E-state index in [1.165, 1.54) is 17.0 Å². The molecule has 0 radical (unpaired) electrons. The first-order chi connectivity index (χ1) is 18.0. The molecule has 202 valence electrons. The lowest BCUT2D eigenvalue weighted by Crippen LogP contribution is -2.53. The monoisotopic (exact) mass is 595 g/mol. The van der Waals surface area contributed by atoms with Gasteiger partial charge in [-0.3, -0.25) is 13.9 Å². The third kappa shape index (κ3) is 7.63. The number of hydrogen-bond donors (Lipinski definition) is 1. The number of nitrogens with zero attached hydrogens (tertiary/aromatic N) is 2. The molecule has 1 N–H and O–H groups in total. The van der Waals surface area contributed by atoms with Gasteiger partial charge in [-0.05, 0) is 36.2 Å². The van der Waals surface area contributed by atoms with Crippen molar-refractivity contribution in [2.45, 2.75) is 25.9 Å². The molecule has 2 amide bonds. The van der Waals surface area contributed by atoms with Gasteiger partial charge in [0.05, 0.1) is 22.0 Å². The molecular formula is C27H28Cl3N3O4S. The fourth-order valence-electron chi connectivity index (χ4n) is 3.94. The first-order valence-electron chi connectivity index (χ1n) is 11.8. The third-order valence-electron chi connectivity index (χ3n) is 5.80. The maximum absolute atomic E-state index is 13.9. The lowest BCUT2D eigenvalue weighted by molar-refractivity contribution is -0.140. The number of amides is 2. The van der Waals surface area contributed by atoms with Gasteiger partial charge in [0.15, 0.2) is 0 Å². The molecular weight excluding hydrogens is 569 g/mol. The minimum atomic E-state index is -3.97. The van der Waals surface area contributed by atoms with Crippen LogP contribution in [0.2, 0.25) is 15.1 Å². The Hall–Kier alpha value is -2.78. The molecule has 0 saturated carbocycles. The van der Waals surface area contributed by atoms with Crippen LogP contribution in [0.1, 0.15) is 18.1 Å². The summed E-state index contributed by atoms with van der Waals surface area (Å²) in [7, 11) is -3.97. The lowest BCUT2D eigenvalue weighted by Gasteiger charge is -2.33. The van der Waals surface area contributed by atoms with Crippen LogP contribution in [0.3, 0.4) is 0 Å². The molecule has 1 atom stereocenters. The number of benzene rings is 3. The molecule has 38 heavy (non-hydrogen) atoms. The van der Waals surface area contributed by atoms with Gasteiger partial charge in [0.25, 0.3) is 0 Å². The maximum atomic E-state index is 13.9. The highest BCUT2D eigenvalue weighted by molar-refractivity contribution is 7.92. The van der Waals surface area contributed by atoms with E-state index in [1.54, 1.807) is 37.3 Å². The number of anilines is 1. The second kappa shape index (κ2) is 13.3. The van der Waals surface area contributed by atoms with Crippen molar-refractivity contribution in [3.63, 3.8) is 0 Å². The number of sulfonamides is 1. The van der Waals surface area contributed by atoms with Crippen molar-refractivity contribution in [3.05, 3.63) is 99.0 Å². The molecule has 3 aromatic carbocycles. The summed E-state index contributed by atoms with van der Waals surface area (Å²) in [6.45, 7) is 1.51. The van der Waals surface area contributed by atoms with Gasteiger partial charge in [0, 0.05) is 24.5 Å². The molecule has 0 unspecified atom stereocenters. The minimum absolute atomic E-state index is 0.00499. The molecule has 0 spiro atoms. The number of carbonyl (C=O) groups is 2. The predicted molar refractivity (Wildman–Crippen MR) is 153 cm³/mol. The van der Waals surface area contributed by atoms with Gasteiger partial charge in [-0.2, -0.15) is 0 Å². The maximum Gasteiger partial charge on any atom is 0.244 e. The van der Waals surface area contributed by atoms with Crippen LogP contribution in [0.15, 0.2) is 72.8 Å². The molecule has 0 aliphatic heterocycles. The number of nitrogens with one attached hydrogen (secondary N) is 1. The number of hydrogen-bond acceptors (Lipinski definition) is 4. The first kappa shape index (κ1) is 29.8. The van der Waals surface area contributed by atoms with Crippen LogP contribution in [0.4, 0.5) is 5.69 Å². The standard InChI is InChI=1S/C27H28Cl3N3O4S/c1-3-31-27(35)24(16-19-10-5-4-6-11-19)32(17-20-12-7-8-13-21(20)28)25(34)18-33(38(2,36)37)23-15-9-14-22(29)26(23)30/h4-15,24H,3,16-18H2,1-2H3,(H,31,35)/t24-/m1/s1. The van der Waals surface area contributed by atoms with Gasteiger partial charge >= 0.3 is 0 Å². The molecule has 7 nitrogen and oxygen atoms in total. The Bertz CT molecular complexity index is 1390. The molecule has 0 saturated heterocycles. The van der Waals surface area contributed by atoms with Crippen LogP contribution in [0.5, 0.6) is 0 Å². The number of carbonyl (C=O) groups excluding carboxylic acids is 2. The summed E-state index contributed by atoms with van der Waals surface area (Å²) in [6.07, 6.45) is 1.18. The van der Waals surface area contributed by atoms with Gasteiger partial charge < -0.3 is 10.2 Å². The van der Waals surface area contributed by atoms with Crippen molar-refractivity contribution in [2.75, 3.05) is 23.7 Å². The normalized spacial score (nSPS) is 12.0. The molecule has 3 rings (SSSR count). The van der Waals surface area contributed by atoms with Crippen molar-refractivity contribution in [3.8, 4) is 0 Å². The van der Waals surface area contributed by atoms with E-state index < -0.39 is 28.5 Å². The smallest absolute Gasteiger partial charge is 0.244 e. The topological polar surface area (TPSA) is 86.8 Å². The second-order valence-corrected chi connectivity index (χ2v) is 11.7. The van der Waals surface area contributed by atoms with E-state index in [1.807, 2.05) is 30.3 Å². The van der Waals surface area contributed by atoms with Gasteiger partial charge in [0.1, 0.15) is 12.6 Å². The van der Waals surface area contributed by atoms with E-state index in [4.69, 9.17) is 34.8 Å². The van der Waals surface area contributed by atoms with E-state index in [-0.39, 0.29) is 34.6 Å². The zero-order valence-corrected chi connectivity index (χ0v) is 24.0. The first-order valence-corrected chi connectivity index (χ1v) is 14.8. The Balaban J connectivity index is 2.08. The van der Waals surface area contributed by atoms with E-state index in [2.05, 4.69) is 5.32 Å². The lowest BCUT2D eigenvalue weighted by atomic mass is 10.0. The molecule has 0 bridgehead atoms. The zero-order valence-electron chi connectivity index (χ0n) is 20.9. The van der Waals surface area contributed by atoms with Crippen molar-refractivity contribution >= 4 is 62.3 Å². The third-order valence-corrected chi connectivity index (χ3v) is 8.10. The van der Waals surface area contributed by atoms with Gasteiger partial charge in [-0.25, -0.2) is 8.42 Å². The molecule has 0 heterocycles. The summed E-state index contributed by atoms with van der Waals surface area (Å²) in [5.41, 5.74) is 1.50. The molecule has 0 aromatic heterocycles.